The van der Waals surface area contributed by atoms with Crippen LogP contribution in [0.4, 0.5) is 0 Å². The van der Waals surface area contributed by atoms with Crippen LogP contribution in [0.1, 0.15) is 79.1 Å². The highest BCUT2D eigenvalue weighted by molar-refractivity contribution is 6.74. The molecule has 5 aliphatic rings. The van der Waals surface area contributed by atoms with Crippen LogP contribution in [0.3, 0.4) is 0 Å². The Bertz CT molecular complexity index is 818. The highest BCUT2D eigenvalue weighted by atomic mass is 28.4. The Hall–Kier alpha value is -0.713. The lowest BCUT2D eigenvalue weighted by Gasteiger charge is -2.51. The first-order valence-electron chi connectivity index (χ1n) is 11.8. The largest absolute Gasteiger partial charge is 0.413 e. The molecule has 0 N–H and O–H groups in total. The van der Waals surface area contributed by atoms with E-state index in [2.05, 4.69) is 52.9 Å². The maximum atomic E-state index is 12.8. The van der Waals surface area contributed by atoms with Crippen LogP contribution >= 0.6 is 0 Å². The summed E-state index contributed by atoms with van der Waals surface area (Å²) in [6, 6.07) is 0. The van der Waals surface area contributed by atoms with Crippen LogP contribution in [0.5, 0.6) is 0 Å². The van der Waals surface area contributed by atoms with Crippen molar-refractivity contribution in [2.45, 2.75) is 114 Å². The van der Waals surface area contributed by atoms with Gasteiger partial charge in [0.25, 0.3) is 0 Å². The quantitative estimate of drug-likeness (QED) is 0.512. The highest BCUT2D eigenvalue weighted by Gasteiger charge is 2.63. The van der Waals surface area contributed by atoms with Gasteiger partial charge in [0.2, 0.25) is 0 Å². The van der Waals surface area contributed by atoms with E-state index in [1.54, 1.807) is 0 Å². The van der Waals surface area contributed by atoms with E-state index in [-0.39, 0.29) is 27.8 Å². The maximum absolute atomic E-state index is 12.8. The minimum atomic E-state index is -1.83. The smallest absolute Gasteiger partial charge is 0.192 e. The van der Waals surface area contributed by atoms with Gasteiger partial charge in [-0.2, -0.15) is 0 Å². The zero-order valence-corrected chi connectivity index (χ0v) is 20.2. The van der Waals surface area contributed by atoms with Crippen LogP contribution in [0, 0.1) is 11.3 Å². The van der Waals surface area contributed by atoms with Crippen LogP contribution in [-0.2, 0) is 14.0 Å². The lowest BCUT2D eigenvalue weighted by atomic mass is 9.64. The first-order valence-corrected chi connectivity index (χ1v) is 14.7. The third-order valence-corrected chi connectivity index (χ3v) is 14.0. The standard InChI is InChI=1S/C25H38O3Si/c1-22(2,3)29(5,6)27-21-10-9-17-16-25-13-12-24(28-25)11-7-8-20(26)19(24)14-18(25)15-23(17,21)4/h14-15,17,21H,7-13,16H2,1-6H3/t17-,21-,23-,24-,25-/m0/s1. The fourth-order valence-corrected chi connectivity index (χ4v) is 8.10. The number of Topliss-reactive ketones (excluding diaryl/α,β-unsaturated/α-hetero) is 1. The van der Waals surface area contributed by atoms with E-state index in [0.717, 1.165) is 44.1 Å². The molecular formula is C25H38O3Si. The van der Waals surface area contributed by atoms with Crippen LogP contribution in [0.25, 0.3) is 0 Å². The Labute approximate surface area is 177 Å². The molecule has 2 bridgehead atoms. The molecule has 0 aromatic rings. The summed E-state index contributed by atoms with van der Waals surface area (Å²) in [4.78, 5) is 12.8. The molecule has 0 aromatic carbocycles. The lowest BCUT2D eigenvalue weighted by molar-refractivity contribution is -0.131. The zero-order chi connectivity index (χ0) is 20.9. The number of hydrogen-bond acceptors (Lipinski definition) is 3. The predicted molar refractivity (Wildman–Crippen MR) is 118 cm³/mol. The van der Waals surface area contributed by atoms with Crippen molar-refractivity contribution in [1.29, 1.82) is 0 Å². The Morgan fingerprint density at radius 2 is 1.86 bits per heavy atom. The lowest BCUT2D eigenvalue weighted by Crippen LogP contribution is -2.52. The molecule has 2 aliphatic heterocycles. The molecule has 3 nitrogen and oxygen atoms in total. The van der Waals surface area contributed by atoms with Gasteiger partial charge in [0.05, 0.1) is 17.3 Å². The normalized spacial score (nSPS) is 44.0. The third kappa shape index (κ3) is 2.71. The van der Waals surface area contributed by atoms with Gasteiger partial charge in [-0.3, -0.25) is 4.79 Å². The Morgan fingerprint density at radius 3 is 2.59 bits per heavy atom. The molecule has 0 amide bonds. The summed E-state index contributed by atoms with van der Waals surface area (Å²) in [5, 5.41) is 0.222. The number of ketones is 1. The van der Waals surface area contributed by atoms with Gasteiger partial charge in [-0.15, -0.1) is 0 Å². The van der Waals surface area contributed by atoms with Crippen molar-refractivity contribution in [3.05, 3.63) is 23.3 Å². The van der Waals surface area contributed by atoms with Gasteiger partial charge in [-0.05, 0) is 80.6 Å². The predicted octanol–water partition coefficient (Wildman–Crippen LogP) is 6.10. The average molecular weight is 415 g/mol. The summed E-state index contributed by atoms with van der Waals surface area (Å²) in [6.07, 6.45) is 13.3. The number of carbonyl (C=O) groups excluding carboxylic acids is 1. The molecule has 2 spiro atoms. The third-order valence-electron chi connectivity index (χ3n) is 9.56. The van der Waals surface area contributed by atoms with E-state index in [1.165, 1.54) is 12.0 Å². The van der Waals surface area contributed by atoms with Crippen molar-refractivity contribution >= 4 is 14.1 Å². The molecule has 0 radical (unpaired) electrons. The second-order valence-electron chi connectivity index (χ2n) is 12.2. The van der Waals surface area contributed by atoms with Crippen molar-refractivity contribution in [3.8, 4) is 0 Å². The zero-order valence-electron chi connectivity index (χ0n) is 19.2. The molecule has 1 saturated heterocycles. The minimum Gasteiger partial charge on any atom is -0.413 e. The van der Waals surface area contributed by atoms with Gasteiger partial charge < -0.3 is 9.16 Å². The van der Waals surface area contributed by atoms with Crippen molar-refractivity contribution < 1.29 is 14.0 Å². The highest BCUT2D eigenvalue weighted by Crippen LogP contribution is 2.63. The SMILES string of the molecule is CC(C)(C)[Si](C)(C)O[C@H]1CC[C@H]2C[C@@]34CC[C@]5(CCCC(=O)C5=CC3=C[C@@]21C)O4. The van der Waals surface area contributed by atoms with E-state index in [4.69, 9.17) is 9.16 Å². The van der Waals surface area contributed by atoms with Gasteiger partial charge >= 0.3 is 0 Å². The summed E-state index contributed by atoms with van der Waals surface area (Å²) in [6.45, 7) is 14.1. The minimum absolute atomic E-state index is 0.0524. The Morgan fingerprint density at radius 1 is 1.14 bits per heavy atom. The molecule has 3 fully saturated rings. The molecule has 5 atom stereocenters. The average Bonchev–Trinajstić information content (AvgIpc) is 3.07. The summed E-state index contributed by atoms with van der Waals surface area (Å²) in [7, 11) is -1.83. The number of ether oxygens (including phenoxy) is 1. The summed E-state index contributed by atoms with van der Waals surface area (Å²) >= 11 is 0. The molecular weight excluding hydrogens is 376 g/mol. The van der Waals surface area contributed by atoms with Gasteiger partial charge in [-0.25, -0.2) is 0 Å². The molecule has 0 aromatic heterocycles. The summed E-state index contributed by atoms with van der Waals surface area (Å²) in [5.41, 5.74) is 1.91. The van der Waals surface area contributed by atoms with Crippen molar-refractivity contribution in [3.63, 3.8) is 0 Å². The molecule has 4 heteroatoms. The number of rotatable bonds is 2. The van der Waals surface area contributed by atoms with E-state index in [0.29, 0.717) is 18.1 Å². The Kier molecular flexibility index (Phi) is 4.15. The van der Waals surface area contributed by atoms with Crippen LogP contribution in [-0.4, -0.2) is 31.4 Å². The molecule has 29 heavy (non-hydrogen) atoms. The molecule has 0 unspecified atom stereocenters. The number of hydrogen-bond donors (Lipinski definition) is 0. The summed E-state index contributed by atoms with van der Waals surface area (Å²) < 4.78 is 13.9. The number of fused-ring (bicyclic) bond motifs is 1. The summed E-state index contributed by atoms with van der Waals surface area (Å²) in [5.74, 6) is 0.936. The molecule has 2 heterocycles. The van der Waals surface area contributed by atoms with E-state index < -0.39 is 8.32 Å². The molecule has 3 aliphatic carbocycles. The maximum Gasteiger partial charge on any atom is 0.192 e. The molecule has 2 saturated carbocycles. The van der Waals surface area contributed by atoms with E-state index in [1.807, 2.05) is 0 Å². The number of carbonyl (C=O) groups is 1. The van der Waals surface area contributed by atoms with Crippen LogP contribution in [0.2, 0.25) is 18.1 Å². The van der Waals surface area contributed by atoms with Gasteiger partial charge in [-0.1, -0.05) is 33.8 Å². The second kappa shape index (κ2) is 5.95. The van der Waals surface area contributed by atoms with Crippen molar-refractivity contribution in [2.75, 3.05) is 0 Å². The first-order chi connectivity index (χ1) is 13.4. The van der Waals surface area contributed by atoms with Gasteiger partial charge in [0.15, 0.2) is 14.1 Å². The van der Waals surface area contributed by atoms with Crippen molar-refractivity contribution in [1.82, 2.24) is 0 Å². The van der Waals surface area contributed by atoms with E-state index >= 15 is 0 Å². The molecule has 160 valence electrons. The molecule has 5 rings (SSSR count). The Balaban J connectivity index is 1.54. The van der Waals surface area contributed by atoms with E-state index in [9.17, 15) is 4.79 Å². The topological polar surface area (TPSA) is 35.5 Å². The van der Waals surface area contributed by atoms with Crippen LogP contribution < -0.4 is 0 Å². The second-order valence-corrected chi connectivity index (χ2v) is 17.0. The first kappa shape index (κ1) is 20.2. The fourth-order valence-electron chi connectivity index (χ4n) is 6.66. The fraction of sp³-hybridized carbons (Fsp3) is 0.800. The van der Waals surface area contributed by atoms with Gasteiger partial charge in [0.1, 0.15) is 0 Å². The van der Waals surface area contributed by atoms with Gasteiger partial charge in [0, 0.05) is 17.4 Å². The van der Waals surface area contributed by atoms with Crippen molar-refractivity contribution in [2.24, 2.45) is 11.3 Å². The monoisotopic (exact) mass is 414 g/mol. The van der Waals surface area contributed by atoms with Crippen LogP contribution in [0.15, 0.2) is 23.3 Å².